The predicted octanol–water partition coefficient (Wildman–Crippen LogP) is 3.95. The maximum absolute atomic E-state index is 9.18. The third-order valence-corrected chi connectivity index (χ3v) is 3.91. The van der Waals surface area contributed by atoms with Crippen molar-refractivity contribution in [3.8, 4) is 11.8 Å². The first-order valence-electron chi connectivity index (χ1n) is 6.89. The predicted molar refractivity (Wildman–Crippen MR) is 77.4 cm³/mol. The molecule has 0 aliphatic heterocycles. The Morgan fingerprint density at radius 3 is 2.84 bits per heavy atom. The highest BCUT2D eigenvalue weighted by molar-refractivity contribution is 5.60. The minimum Gasteiger partial charge on any atom is -0.497 e. The van der Waals surface area contributed by atoms with Gasteiger partial charge in [0.2, 0.25) is 0 Å². The molecule has 3 nitrogen and oxygen atoms in total. The molecule has 1 aromatic rings. The smallest absolute Gasteiger partial charge is 0.121 e. The molecule has 1 aliphatic rings. The maximum Gasteiger partial charge on any atom is 0.121 e. The van der Waals surface area contributed by atoms with Crippen molar-refractivity contribution in [2.45, 2.75) is 45.6 Å². The zero-order chi connectivity index (χ0) is 13.9. The Balaban J connectivity index is 2.16. The molecule has 1 atom stereocenters. The molecule has 0 aromatic heterocycles. The summed E-state index contributed by atoms with van der Waals surface area (Å²) < 4.78 is 5.24. The van der Waals surface area contributed by atoms with E-state index in [1.807, 2.05) is 18.2 Å². The van der Waals surface area contributed by atoms with Gasteiger partial charge in [0.1, 0.15) is 11.8 Å². The van der Waals surface area contributed by atoms with E-state index in [4.69, 9.17) is 4.74 Å². The summed E-state index contributed by atoms with van der Waals surface area (Å²) in [6.45, 7) is 4.63. The van der Waals surface area contributed by atoms with Crippen LogP contribution >= 0.6 is 0 Å². The first-order valence-corrected chi connectivity index (χ1v) is 6.89. The number of anilines is 1. The van der Waals surface area contributed by atoms with E-state index < -0.39 is 0 Å². The van der Waals surface area contributed by atoms with Crippen molar-refractivity contribution >= 4 is 5.69 Å². The van der Waals surface area contributed by atoms with Gasteiger partial charge >= 0.3 is 0 Å². The van der Waals surface area contributed by atoms with Crippen molar-refractivity contribution in [3.05, 3.63) is 23.8 Å². The highest BCUT2D eigenvalue weighted by Gasteiger charge is 2.28. The normalized spacial score (nSPS) is 21.5. The summed E-state index contributed by atoms with van der Waals surface area (Å²) in [6, 6.07) is 8.25. The van der Waals surface area contributed by atoms with Gasteiger partial charge in [-0.15, -0.1) is 0 Å². The Labute approximate surface area is 115 Å². The number of methoxy groups -OCH3 is 1. The third-order valence-electron chi connectivity index (χ3n) is 3.91. The number of ether oxygens (including phenoxy) is 1. The first-order chi connectivity index (χ1) is 9.04. The molecular weight excluding hydrogens is 236 g/mol. The number of nitrogens with zero attached hydrogens (tertiary/aromatic N) is 1. The number of rotatable bonds is 3. The molecule has 1 unspecified atom stereocenters. The molecule has 2 rings (SSSR count). The minimum absolute atomic E-state index is 0.390. The minimum atomic E-state index is 0.390. The standard InChI is InChI=1S/C16H22N2O/c1-16(2)8-4-5-13(10-16)18-15-9-14(19-3)7-6-12(15)11-17/h6-7,9,13,18H,4-5,8,10H2,1-3H3. The van der Waals surface area contributed by atoms with Gasteiger partial charge in [0.05, 0.1) is 18.4 Å². The van der Waals surface area contributed by atoms with Crippen LogP contribution < -0.4 is 10.1 Å². The summed E-state index contributed by atoms with van der Waals surface area (Å²) in [6.07, 6.45) is 4.85. The summed E-state index contributed by atoms with van der Waals surface area (Å²) in [4.78, 5) is 0. The number of benzene rings is 1. The fourth-order valence-corrected chi connectivity index (χ4v) is 2.91. The summed E-state index contributed by atoms with van der Waals surface area (Å²) in [7, 11) is 1.65. The Hall–Kier alpha value is -1.69. The van der Waals surface area contributed by atoms with Crippen molar-refractivity contribution in [2.75, 3.05) is 12.4 Å². The summed E-state index contributed by atoms with van der Waals surface area (Å²) in [5.41, 5.74) is 1.97. The largest absolute Gasteiger partial charge is 0.497 e. The van der Waals surface area contributed by atoms with Gasteiger partial charge in [-0.1, -0.05) is 20.3 Å². The molecule has 0 bridgehead atoms. The molecule has 1 aromatic carbocycles. The number of nitrogens with one attached hydrogen (secondary N) is 1. The topological polar surface area (TPSA) is 45.0 Å². The van der Waals surface area contributed by atoms with Crippen LogP contribution in [-0.4, -0.2) is 13.2 Å². The van der Waals surface area contributed by atoms with E-state index in [9.17, 15) is 5.26 Å². The number of hydrogen-bond acceptors (Lipinski definition) is 3. The molecular formula is C16H22N2O. The summed E-state index contributed by atoms with van der Waals surface area (Å²) in [5, 5.41) is 12.7. The Morgan fingerprint density at radius 2 is 2.21 bits per heavy atom. The maximum atomic E-state index is 9.18. The van der Waals surface area contributed by atoms with E-state index in [0.29, 0.717) is 17.0 Å². The monoisotopic (exact) mass is 258 g/mol. The van der Waals surface area contributed by atoms with Crippen molar-refractivity contribution in [1.29, 1.82) is 5.26 Å². The van der Waals surface area contributed by atoms with E-state index in [1.165, 1.54) is 19.3 Å². The molecule has 1 N–H and O–H groups in total. The van der Waals surface area contributed by atoms with Crippen LogP contribution in [0.4, 0.5) is 5.69 Å². The SMILES string of the molecule is COc1ccc(C#N)c(NC2CCCC(C)(C)C2)c1. The molecule has 0 spiro atoms. The van der Waals surface area contributed by atoms with Crippen LogP contribution in [0, 0.1) is 16.7 Å². The van der Waals surface area contributed by atoms with Gasteiger partial charge in [0, 0.05) is 12.1 Å². The van der Waals surface area contributed by atoms with Crippen molar-refractivity contribution < 1.29 is 4.74 Å². The molecule has 0 saturated heterocycles. The molecule has 0 heterocycles. The van der Waals surface area contributed by atoms with Crippen LogP contribution in [0.2, 0.25) is 0 Å². The van der Waals surface area contributed by atoms with Crippen LogP contribution in [0.25, 0.3) is 0 Å². The molecule has 1 saturated carbocycles. The Kier molecular flexibility index (Phi) is 3.99. The van der Waals surface area contributed by atoms with Crippen LogP contribution in [0.3, 0.4) is 0 Å². The van der Waals surface area contributed by atoms with Gasteiger partial charge in [0.25, 0.3) is 0 Å². The van der Waals surface area contributed by atoms with Crippen LogP contribution in [0.1, 0.15) is 45.1 Å². The lowest BCUT2D eigenvalue weighted by molar-refractivity contribution is 0.229. The van der Waals surface area contributed by atoms with Crippen LogP contribution in [0.5, 0.6) is 5.75 Å². The second kappa shape index (κ2) is 5.52. The van der Waals surface area contributed by atoms with Gasteiger partial charge in [0.15, 0.2) is 0 Å². The molecule has 1 fully saturated rings. The molecule has 19 heavy (non-hydrogen) atoms. The Bertz CT molecular complexity index is 488. The van der Waals surface area contributed by atoms with E-state index in [0.717, 1.165) is 17.9 Å². The van der Waals surface area contributed by atoms with Crippen molar-refractivity contribution in [1.82, 2.24) is 0 Å². The average molecular weight is 258 g/mol. The van der Waals surface area contributed by atoms with E-state index >= 15 is 0 Å². The van der Waals surface area contributed by atoms with Crippen LogP contribution in [0.15, 0.2) is 18.2 Å². The van der Waals surface area contributed by atoms with Gasteiger partial charge in [-0.2, -0.15) is 5.26 Å². The van der Waals surface area contributed by atoms with E-state index in [2.05, 4.69) is 25.2 Å². The molecule has 0 radical (unpaired) electrons. The first kappa shape index (κ1) is 13.7. The summed E-state index contributed by atoms with van der Waals surface area (Å²) >= 11 is 0. The van der Waals surface area contributed by atoms with Gasteiger partial charge < -0.3 is 10.1 Å². The van der Waals surface area contributed by atoms with Crippen molar-refractivity contribution in [3.63, 3.8) is 0 Å². The van der Waals surface area contributed by atoms with E-state index in [-0.39, 0.29) is 0 Å². The third kappa shape index (κ3) is 3.41. The van der Waals surface area contributed by atoms with Gasteiger partial charge in [-0.3, -0.25) is 0 Å². The second-order valence-corrected chi connectivity index (χ2v) is 6.13. The lowest BCUT2D eigenvalue weighted by atomic mass is 9.75. The molecule has 0 amide bonds. The zero-order valence-electron chi connectivity index (χ0n) is 12.0. The zero-order valence-corrected chi connectivity index (χ0v) is 12.0. The average Bonchev–Trinajstić information content (AvgIpc) is 2.37. The fourth-order valence-electron chi connectivity index (χ4n) is 2.91. The lowest BCUT2D eigenvalue weighted by Gasteiger charge is -2.36. The Morgan fingerprint density at radius 1 is 1.42 bits per heavy atom. The quantitative estimate of drug-likeness (QED) is 0.893. The highest BCUT2D eigenvalue weighted by Crippen LogP contribution is 2.37. The second-order valence-electron chi connectivity index (χ2n) is 6.13. The number of nitriles is 1. The molecule has 102 valence electrons. The van der Waals surface area contributed by atoms with Crippen LogP contribution in [-0.2, 0) is 0 Å². The molecule has 3 heteroatoms. The fraction of sp³-hybridized carbons (Fsp3) is 0.562. The van der Waals surface area contributed by atoms with Gasteiger partial charge in [-0.05, 0) is 36.8 Å². The lowest BCUT2D eigenvalue weighted by Crippen LogP contribution is -2.31. The number of hydrogen-bond donors (Lipinski definition) is 1. The van der Waals surface area contributed by atoms with E-state index in [1.54, 1.807) is 7.11 Å². The van der Waals surface area contributed by atoms with Gasteiger partial charge in [-0.25, -0.2) is 0 Å². The highest BCUT2D eigenvalue weighted by atomic mass is 16.5. The molecule has 1 aliphatic carbocycles. The van der Waals surface area contributed by atoms with Crippen molar-refractivity contribution in [2.24, 2.45) is 5.41 Å². The summed E-state index contributed by atoms with van der Waals surface area (Å²) in [5.74, 6) is 0.788.